The first kappa shape index (κ1) is 19.1. The van der Waals surface area contributed by atoms with Gasteiger partial charge in [0.15, 0.2) is 0 Å². The number of likely N-dealkylation sites (tertiary alicyclic amines) is 1. The highest BCUT2D eigenvalue weighted by Crippen LogP contribution is 2.32. The topological polar surface area (TPSA) is 3.24 Å². The summed E-state index contributed by atoms with van der Waals surface area (Å²) in [7, 11) is 0. The molecule has 1 heterocycles. The van der Waals surface area contributed by atoms with E-state index in [1.54, 1.807) is 0 Å². The van der Waals surface area contributed by atoms with Crippen LogP contribution in [0.3, 0.4) is 0 Å². The zero-order chi connectivity index (χ0) is 16.1. The molecule has 1 atom stereocenters. The van der Waals surface area contributed by atoms with Gasteiger partial charge in [-0.15, -0.1) is 12.4 Å². The van der Waals surface area contributed by atoms with Crippen molar-refractivity contribution in [3.05, 3.63) is 71.8 Å². The highest BCUT2D eigenvalue weighted by molar-refractivity contribution is 7.80. The van der Waals surface area contributed by atoms with E-state index >= 15 is 0 Å². The van der Waals surface area contributed by atoms with Crippen LogP contribution >= 0.6 is 24.6 Å². The van der Waals surface area contributed by atoms with Crippen LogP contribution in [-0.4, -0.2) is 29.4 Å². The number of piperidine rings is 1. The van der Waals surface area contributed by atoms with Gasteiger partial charge in [-0.05, 0) is 37.1 Å². The summed E-state index contributed by atoms with van der Waals surface area (Å²) in [5.41, 5.74) is 2.63. The average Bonchev–Trinajstić information content (AvgIpc) is 2.64. The molecule has 0 saturated carbocycles. The number of rotatable bonds is 5. The second kappa shape index (κ2) is 9.31. The molecule has 0 spiro atoms. The maximum absolute atomic E-state index is 6.03. The predicted octanol–water partition coefficient (Wildman–Crippen LogP) is 5.34. The zero-order valence-corrected chi connectivity index (χ0v) is 15.9. The molecule has 0 bridgehead atoms. The highest BCUT2D eigenvalue weighted by atomic mass is 35.5. The number of thiocarbonyl (C=S) groups is 1. The van der Waals surface area contributed by atoms with Crippen LogP contribution in [0, 0.1) is 5.92 Å². The number of hydrogen-bond donors (Lipinski definition) is 0. The minimum atomic E-state index is 0. The largest absolute Gasteiger partial charge is 0.303 e. The highest BCUT2D eigenvalue weighted by Gasteiger charge is 2.29. The second-order valence-electron chi connectivity index (χ2n) is 6.39. The van der Waals surface area contributed by atoms with Gasteiger partial charge < -0.3 is 4.90 Å². The number of nitrogens with zero attached hydrogens (tertiary/aromatic N) is 1. The third-order valence-electron chi connectivity index (χ3n) is 4.91. The van der Waals surface area contributed by atoms with E-state index in [1.165, 1.54) is 35.4 Å². The smallest absolute Gasteiger partial charge is 0.0406 e. The monoisotopic (exact) mass is 359 g/mol. The Morgan fingerprint density at radius 2 is 1.58 bits per heavy atom. The van der Waals surface area contributed by atoms with Crippen molar-refractivity contribution in [2.24, 2.45) is 5.92 Å². The lowest BCUT2D eigenvalue weighted by atomic mass is 9.80. The Labute approximate surface area is 157 Å². The third kappa shape index (κ3) is 4.44. The van der Waals surface area contributed by atoms with Gasteiger partial charge in [-0.1, -0.05) is 79.8 Å². The van der Waals surface area contributed by atoms with Crippen LogP contribution in [0.1, 0.15) is 36.8 Å². The van der Waals surface area contributed by atoms with Gasteiger partial charge in [0.2, 0.25) is 0 Å². The summed E-state index contributed by atoms with van der Waals surface area (Å²) in [4.78, 5) is 3.74. The van der Waals surface area contributed by atoms with E-state index in [0.29, 0.717) is 5.92 Å². The molecule has 1 unspecified atom stereocenters. The summed E-state index contributed by atoms with van der Waals surface area (Å²) < 4.78 is 0. The van der Waals surface area contributed by atoms with Crippen LogP contribution in [0.15, 0.2) is 60.7 Å². The Bertz CT molecular complexity index is 589. The molecule has 3 rings (SSSR count). The maximum atomic E-state index is 6.03. The fourth-order valence-electron chi connectivity index (χ4n) is 3.62. The van der Waals surface area contributed by atoms with Crippen LogP contribution < -0.4 is 0 Å². The first-order valence-corrected chi connectivity index (χ1v) is 9.06. The van der Waals surface area contributed by atoms with Gasteiger partial charge in [0, 0.05) is 23.2 Å². The molecule has 1 fully saturated rings. The van der Waals surface area contributed by atoms with E-state index in [1.807, 2.05) is 0 Å². The first-order chi connectivity index (χ1) is 11.3. The molecule has 1 saturated heterocycles. The van der Waals surface area contributed by atoms with E-state index in [2.05, 4.69) is 72.5 Å². The van der Waals surface area contributed by atoms with Gasteiger partial charge in [-0.2, -0.15) is 0 Å². The van der Waals surface area contributed by atoms with Crippen molar-refractivity contribution in [3.63, 3.8) is 0 Å². The molecule has 3 heteroatoms. The Kier molecular flexibility index (Phi) is 7.41. The summed E-state index contributed by atoms with van der Waals surface area (Å²) in [6.07, 6.45) is 2.49. The van der Waals surface area contributed by atoms with E-state index < -0.39 is 0 Å². The molecule has 0 N–H and O–H groups in total. The first-order valence-electron chi connectivity index (χ1n) is 8.65. The van der Waals surface area contributed by atoms with Crippen molar-refractivity contribution < 1.29 is 0 Å². The summed E-state index contributed by atoms with van der Waals surface area (Å²) in [5, 5.41) is 0. The van der Waals surface area contributed by atoms with Crippen LogP contribution in [0.5, 0.6) is 0 Å². The number of halogens is 1. The number of hydrogen-bond acceptors (Lipinski definition) is 2. The molecule has 2 aromatic rings. The Morgan fingerprint density at radius 3 is 2.08 bits per heavy atom. The van der Waals surface area contributed by atoms with Crippen LogP contribution in [0.4, 0.5) is 0 Å². The fraction of sp³-hybridized carbons (Fsp3) is 0.381. The lowest BCUT2D eigenvalue weighted by Crippen LogP contribution is -2.39. The molecule has 0 amide bonds. The van der Waals surface area contributed by atoms with Crippen molar-refractivity contribution in [3.8, 4) is 0 Å². The lowest BCUT2D eigenvalue weighted by molar-refractivity contribution is 0.214. The third-order valence-corrected chi connectivity index (χ3v) is 5.47. The van der Waals surface area contributed by atoms with Gasteiger partial charge in [-0.3, -0.25) is 0 Å². The SMILES string of the molecule is CCN1CCCC(C(=S)C(c2ccccc2)c2ccccc2)C1.Cl. The molecule has 0 aromatic heterocycles. The molecule has 0 aliphatic carbocycles. The minimum Gasteiger partial charge on any atom is -0.303 e. The Balaban J connectivity index is 0.00000208. The van der Waals surface area contributed by atoms with Crippen molar-refractivity contribution in [2.45, 2.75) is 25.7 Å². The van der Waals surface area contributed by atoms with E-state index in [4.69, 9.17) is 12.2 Å². The van der Waals surface area contributed by atoms with Crippen molar-refractivity contribution >= 4 is 29.5 Å². The predicted molar refractivity (Wildman–Crippen MR) is 109 cm³/mol. The van der Waals surface area contributed by atoms with Gasteiger partial charge in [0.1, 0.15) is 0 Å². The molecule has 1 aliphatic heterocycles. The minimum absolute atomic E-state index is 0. The molecule has 24 heavy (non-hydrogen) atoms. The van der Waals surface area contributed by atoms with Gasteiger partial charge in [0.25, 0.3) is 0 Å². The summed E-state index contributed by atoms with van der Waals surface area (Å²) in [6, 6.07) is 21.5. The molecule has 1 nitrogen and oxygen atoms in total. The zero-order valence-electron chi connectivity index (χ0n) is 14.2. The fourth-order valence-corrected chi connectivity index (χ4v) is 4.09. The molecule has 2 aromatic carbocycles. The summed E-state index contributed by atoms with van der Waals surface area (Å²) >= 11 is 6.03. The average molecular weight is 360 g/mol. The van der Waals surface area contributed by atoms with Gasteiger partial charge in [-0.25, -0.2) is 0 Å². The van der Waals surface area contributed by atoms with Crippen molar-refractivity contribution in [1.29, 1.82) is 0 Å². The number of benzene rings is 2. The van der Waals surface area contributed by atoms with E-state index in [9.17, 15) is 0 Å². The quantitative estimate of drug-likeness (QED) is 0.662. The summed E-state index contributed by atoms with van der Waals surface area (Å²) in [5.74, 6) is 0.748. The van der Waals surface area contributed by atoms with Crippen LogP contribution in [-0.2, 0) is 0 Å². The van der Waals surface area contributed by atoms with Crippen LogP contribution in [0.25, 0.3) is 0 Å². The molecular formula is C21H26ClNS. The normalized spacial score (nSPS) is 18.2. The standard InChI is InChI=1S/C21H25NS.ClH/c1-2-22-15-9-14-19(16-22)21(23)20(17-10-5-3-6-11-17)18-12-7-4-8-13-18;/h3-8,10-13,19-20H,2,9,14-16H2,1H3;1H. The van der Waals surface area contributed by atoms with E-state index in [-0.39, 0.29) is 18.3 Å². The molecule has 1 aliphatic rings. The molecular weight excluding hydrogens is 334 g/mol. The molecule has 128 valence electrons. The van der Waals surface area contributed by atoms with Crippen molar-refractivity contribution in [1.82, 2.24) is 4.90 Å². The van der Waals surface area contributed by atoms with Gasteiger partial charge >= 0.3 is 0 Å². The summed E-state index contributed by atoms with van der Waals surface area (Å²) in [6.45, 7) is 5.71. The maximum Gasteiger partial charge on any atom is 0.0406 e. The van der Waals surface area contributed by atoms with Crippen LogP contribution in [0.2, 0.25) is 0 Å². The Hall–Kier alpha value is -1.22. The second-order valence-corrected chi connectivity index (χ2v) is 6.86. The van der Waals surface area contributed by atoms with E-state index in [0.717, 1.165) is 13.1 Å². The van der Waals surface area contributed by atoms with Gasteiger partial charge in [0.05, 0.1) is 0 Å². The van der Waals surface area contributed by atoms with Crippen molar-refractivity contribution in [2.75, 3.05) is 19.6 Å². The Morgan fingerprint density at radius 1 is 1.04 bits per heavy atom. The lowest BCUT2D eigenvalue weighted by Gasteiger charge is -2.34. The molecule has 0 radical (unpaired) electrons.